The molecule has 86 valence electrons. The second kappa shape index (κ2) is 4.80. The minimum atomic E-state index is 0.443. The van der Waals surface area contributed by atoms with E-state index in [0.29, 0.717) is 5.25 Å². The van der Waals surface area contributed by atoms with E-state index in [2.05, 4.69) is 41.0 Å². The van der Waals surface area contributed by atoms with Crippen molar-refractivity contribution in [1.82, 2.24) is 0 Å². The fourth-order valence-electron chi connectivity index (χ4n) is 1.87. The maximum atomic E-state index is 5.40. The van der Waals surface area contributed by atoms with Crippen molar-refractivity contribution in [3.05, 3.63) is 46.7 Å². The second-order valence-electron chi connectivity index (χ2n) is 3.87. The molecule has 1 aliphatic heterocycles. The van der Waals surface area contributed by atoms with Crippen LogP contribution in [0.4, 0.5) is 5.69 Å². The van der Waals surface area contributed by atoms with Gasteiger partial charge in [-0.1, -0.05) is 30.4 Å². The van der Waals surface area contributed by atoms with E-state index in [0.717, 1.165) is 17.1 Å². The molecular formula is C13H11NS3. The normalized spacial score (nSPS) is 19.3. The number of rotatable bonds is 1. The van der Waals surface area contributed by atoms with E-state index in [1.807, 2.05) is 29.2 Å². The third-order valence-electron chi connectivity index (χ3n) is 2.66. The SMILES string of the molecule is S=C1CC(c2cccs2)Sc2ccccc2N1. The van der Waals surface area contributed by atoms with Crippen LogP contribution in [0.1, 0.15) is 16.5 Å². The van der Waals surface area contributed by atoms with Crippen LogP contribution in [0.25, 0.3) is 0 Å². The molecule has 1 atom stereocenters. The summed E-state index contributed by atoms with van der Waals surface area (Å²) < 4.78 is 0. The van der Waals surface area contributed by atoms with Gasteiger partial charge in [0.15, 0.2) is 0 Å². The van der Waals surface area contributed by atoms with E-state index in [9.17, 15) is 0 Å². The zero-order chi connectivity index (χ0) is 11.7. The monoisotopic (exact) mass is 277 g/mol. The number of thiocarbonyl (C=S) groups is 1. The van der Waals surface area contributed by atoms with Crippen molar-refractivity contribution in [1.29, 1.82) is 0 Å². The summed E-state index contributed by atoms with van der Waals surface area (Å²) in [6, 6.07) is 12.7. The number of anilines is 1. The average Bonchev–Trinajstić information content (AvgIpc) is 2.79. The van der Waals surface area contributed by atoms with E-state index < -0.39 is 0 Å². The van der Waals surface area contributed by atoms with Gasteiger partial charge in [0, 0.05) is 16.2 Å². The maximum Gasteiger partial charge on any atom is 0.0812 e. The molecule has 1 aliphatic rings. The number of fused-ring (bicyclic) bond motifs is 1. The lowest BCUT2D eigenvalue weighted by Gasteiger charge is -2.11. The molecule has 3 rings (SSSR count). The van der Waals surface area contributed by atoms with Crippen LogP contribution in [0, 0.1) is 0 Å². The van der Waals surface area contributed by atoms with E-state index in [4.69, 9.17) is 12.2 Å². The third kappa shape index (κ3) is 2.39. The van der Waals surface area contributed by atoms with Gasteiger partial charge < -0.3 is 5.32 Å². The lowest BCUT2D eigenvalue weighted by molar-refractivity contribution is 1.05. The highest BCUT2D eigenvalue weighted by Crippen LogP contribution is 2.44. The first-order chi connectivity index (χ1) is 8.33. The lowest BCUT2D eigenvalue weighted by atomic mass is 10.2. The number of benzene rings is 1. The van der Waals surface area contributed by atoms with Gasteiger partial charge in [-0.05, 0) is 23.6 Å². The highest BCUT2D eigenvalue weighted by molar-refractivity contribution is 8.00. The van der Waals surface area contributed by atoms with Crippen LogP contribution in [-0.4, -0.2) is 4.99 Å². The zero-order valence-electron chi connectivity index (χ0n) is 9.05. The largest absolute Gasteiger partial charge is 0.349 e. The highest BCUT2D eigenvalue weighted by atomic mass is 32.2. The van der Waals surface area contributed by atoms with Crippen LogP contribution in [0.15, 0.2) is 46.7 Å². The summed E-state index contributed by atoms with van der Waals surface area (Å²) in [4.78, 5) is 3.61. The first kappa shape index (κ1) is 11.3. The molecule has 1 aromatic carbocycles. The first-order valence-corrected chi connectivity index (χ1v) is 7.58. The summed E-state index contributed by atoms with van der Waals surface area (Å²) in [5, 5.41) is 5.90. The topological polar surface area (TPSA) is 12.0 Å². The maximum absolute atomic E-state index is 5.40. The lowest BCUT2D eigenvalue weighted by Crippen LogP contribution is -2.09. The summed E-state index contributed by atoms with van der Waals surface area (Å²) in [7, 11) is 0. The fourth-order valence-corrected chi connectivity index (χ4v) is 4.42. The molecule has 1 N–H and O–H groups in total. The van der Waals surface area contributed by atoms with E-state index in [1.54, 1.807) is 0 Å². The molecule has 2 aromatic rings. The number of hydrogen-bond acceptors (Lipinski definition) is 3. The van der Waals surface area contributed by atoms with Gasteiger partial charge in [-0.2, -0.15) is 0 Å². The summed E-state index contributed by atoms with van der Waals surface area (Å²) in [6.07, 6.45) is 0.912. The van der Waals surface area contributed by atoms with Gasteiger partial charge in [0.05, 0.1) is 15.9 Å². The Morgan fingerprint density at radius 3 is 2.88 bits per heavy atom. The molecule has 2 heterocycles. The molecule has 0 spiro atoms. The Bertz CT molecular complexity index is 533. The van der Waals surface area contributed by atoms with Crippen LogP contribution in [0.2, 0.25) is 0 Å². The molecule has 1 aromatic heterocycles. The third-order valence-corrected chi connectivity index (χ3v) is 5.38. The number of nitrogens with one attached hydrogen (secondary N) is 1. The molecular weight excluding hydrogens is 266 g/mol. The average molecular weight is 277 g/mol. The van der Waals surface area contributed by atoms with Crippen molar-refractivity contribution in [2.45, 2.75) is 16.6 Å². The Hall–Kier alpha value is -0.840. The Balaban J connectivity index is 1.98. The standard InChI is InChI=1S/C13H11NS3/c15-13-8-12(11-6-3-7-16-11)17-10-5-2-1-4-9(10)14-13/h1-7,12H,8H2,(H,14,15). The zero-order valence-corrected chi connectivity index (χ0v) is 11.5. The van der Waals surface area contributed by atoms with Gasteiger partial charge in [-0.3, -0.25) is 0 Å². The van der Waals surface area contributed by atoms with Crippen LogP contribution in [-0.2, 0) is 0 Å². The fraction of sp³-hybridized carbons (Fsp3) is 0.154. The molecule has 4 heteroatoms. The van der Waals surface area contributed by atoms with Crippen LogP contribution < -0.4 is 5.32 Å². The second-order valence-corrected chi connectivity index (χ2v) is 6.59. The highest BCUT2D eigenvalue weighted by Gasteiger charge is 2.21. The van der Waals surface area contributed by atoms with Crippen LogP contribution in [0.5, 0.6) is 0 Å². The Morgan fingerprint density at radius 1 is 1.18 bits per heavy atom. The van der Waals surface area contributed by atoms with Crippen molar-refractivity contribution >= 4 is 46.0 Å². The Labute approximate surface area is 114 Å². The Kier molecular flexibility index (Phi) is 3.18. The molecule has 0 fully saturated rings. The summed E-state index contributed by atoms with van der Waals surface area (Å²) >= 11 is 9.11. The molecule has 1 unspecified atom stereocenters. The van der Waals surface area contributed by atoms with Gasteiger partial charge in [0.2, 0.25) is 0 Å². The smallest absolute Gasteiger partial charge is 0.0812 e. The van der Waals surface area contributed by atoms with Crippen molar-refractivity contribution in [3.63, 3.8) is 0 Å². The number of para-hydroxylation sites is 1. The van der Waals surface area contributed by atoms with Crippen LogP contribution in [0.3, 0.4) is 0 Å². The predicted molar refractivity (Wildman–Crippen MR) is 80.2 cm³/mol. The van der Waals surface area contributed by atoms with E-state index in [1.165, 1.54) is 9.77 Å². The van der Waals surface area contributed by atoms with Gasteiger partial charge in [-0.15, -0.1) is 23.1 Å². The van der Waals surface area contributed by atoms with Crippen molar-refractivity contribution < 1.29 is 0 Å². The summed E-state index contributed by atoms with van der Waals surface area (Å²) in [5.74, 6) is 0. The molecule has 0 aliphatic carbocycles. The van der Waals surface area contributed by atoms with Crippen molar-refractivity contribution in [3.8, 4) is 0 Å². The predicted octanol–water partition coefficient (Wildman–Crippen LogP) is 4.72. The van der Waals surface area contributed by atoms with Crippen molar-refractivity contribution in [2.75, 3.05) is 5.32 Å². The molecule has 0 radical (unpaired) electrons. The summed E-state index contributed by atoms with van der Waals surface area (Å²) in [5.41, 5.74) is 1.14. The van der Waals surface area contributed by atoms with Gasteiger partial charge in [0.1, 0.15) is 0 Å². The molecule has 0 saturated heterocycles. The van der Waals surface area contributed by atoms with Crippen LogP contribution >= 0.6 is 35.3 Å². The molecule has 0 bridgehead atoms. The molecule has 0 amide bonds. The van der Waals surface area contributed by atoms with E-state index >= 15 is 0 Å². The minimum absolute atomic E-state index is 0.443. The number of thiophene rings is 1. The van der Waals surface area contributed by atoms with Gasteiger partial charge in [0.25, 0.3) is 0 Å². The van der Waals surface area contributed by atoms with E-state index in [-0.39, 0.29) is 0 Å². The van der Waals surface area contributed by atoms with Gasteiger partial charge >= 0.3 is 0 Å². The minimum Gasteiger partial charge on any atom is -0.349 e. The number of thioether (sulfide) groups is 1. The molecule has 17 heavy (non-hydrogen) atoms. The Morgan fingerprint density at radius 2 is 2.06 bits per heavy atom. The molecule has 0 saturated carbocycles. The summed E-state index contributed by atoms with van der Waals surface area (Å²) in [6.45, 7) is 0. The quantitative estimate of drug-likeness (QED) is 0.757. The number of hydrogen-bond donors (Lipinski definition) is 1. The molecule has 1 nitrogen and oxygen atoms in total. The van der Waals surface area contributed by atoms with Gasteiger partial charge in [-0.25, -0.2) is 0 Å². The van der Waals surface area contributed by atoms with Crippen molar-refractivity contribution in [2.24, 2.45) is 0 Å². The first-order valence-electron chi connectivity index (χ1n) is 5.42.